The van der Waals surface area contributed by atoms with Gasteiger partial charge < -0.3 is 14.7 Å². The third-order valence-corrected chi connectivity index (χ3v) is 4.80. The van der Waals surface area contributed by atoms with Gasteiger partial charge in [-0.1, -0.05) is 23.7 Å². The second kappa shape index (κ2) is 8.52. The molecule has 1 aromatic heterocycles. The molecule has 1 aliphatic rings. The predicted molar refractivity (Wildman–Crippen MR) is 100 cm³/mol. The van der Waals surface area contributed by atoms with E-state index in [2.05, 4.69) is 4.98 Å². The highest BCUT2D eigenvalue weighted by Gasteiger charge is 2.35. The molecule has 6 heteroatoms. The van der Waals surface area contributed by atoms with Crippen molar-refractivity contribution in [3.05, 3.63) is 59.4 Å². The largest absolute Gasteiger partial charge is 0.490 e. The first-order valence-electron chi connectivity index (χ1n) is 8.82. The minimum Gasteiger partial charge on any atom is -0.490 e. The summed E-state index contributed by atoms with van der Waals surface area (Å²) >= 11 is 5.95. The lowest BCUT2D eigenvalue weighted by Gasteiger charge is -2.39. The van der Waals surface area contributed by atoms with E-state index in [0.717, 1.165) is 12.0 Å². The molecule has 1 saturated heterocycles. The monoisotopic (exact) mass is 374 g/mol. The van der Waals surface area contributed by atoms with Crippen molar-refractivity contribution in [2.24, 2.45) is 0 Å². The number of hydrogen-bond acceptors (Lipinski definition) is 4. The van der Waals surface area contributed by atoms with Crippen LogP contribution in [-0.2, 0) is 11.2 Å². The fourth-order valence-electron chi connectivity index (χ4n) is 3.17. The van der Waals surface area contributed by atoms with E-state index in [1.165, 1.54) is 0 Å². The minimum atomic E-state index is -1.04. The van der Waals surface area contributed by atoms with Gasteiger partial charge in [0.2, 0.25) is 5.91 Å². The van der Waals surface area contributed by atoms with E-state index in [4.69, 9.17) is 16.3 Å². The molecule has 1 fully saturated rings. The van der Waals surface area contributed by atoms with E-state index in [9.17, 15) is 9.90 Å². The minimum absolute atomic E-state index is 0.0507. The summed E-state index contributed by atoms with van der Waals surface area (Å²) in [5, 5.41) is 11.4. The molecule has 138 valence electrons. The Morgan fingerprint density at radius 2 is 2.23 bits per heavy atom. The van der Waals surface area contributed by atoms with Crippen LogP contribution in [0.1, 0.15) is 24.8 Å². The molecule has 2 aromatic rings. The molecule has 3 rings (SSSR count). The fourth-order valence-corrected chi connectivity index (χ4v) is 3.35. The number of aryl methyl sites for hydroxylation is 1. The van der Waals surface area contributed by atoms with E-state index >= 15 is 0 Å². The van der Waals surface area contributed by atoms with Crippen LogP contribution < -0.4 is 4.74 Å². The van der Waals surface area contributed by atoms with Crippen molar-refractivity contribution in [2.45, 2.75) is 31.3 Å². The van der Waals surface area contributed by atoms with Gasteiger partial charge in [-0.3, -0.25) is 9.78 Å². The van der Waals surface area contributed by atoms with Gasteiger partial charge in [-0.25, -0.2) is 0 Å². The number of amides is 1. The van der Waals surface area contributed by atoms with E-state index in [-0.39, 0.29) is 12.5 Å². The van der Waals surface area contributed by atoms with Gasteiger partial charge >= 0.3 is 0 Å². The van der Waals surface area contributed by atoms with Crippen molar-refractivity contribution in [3.63, 3.8) is 0 Å². The van der Waals surface area contributed by atoms with Crippen LogP contribution >= 0.6 is 11.6 Å². The number of halogens is 1. The summed E-state index contributed by atoms with van der Waals surface area (Å²) < 4.78 is 5.71. The topological polar surface area (TPSA) is 62.7 Å². The average molecular weight is 375 g/mol. The maximum absolute atomic E-state index is 12.5. The molecule has 1 atom stereocenters. The average Bonchev–Trinajstić information content (AvgIpc) is 2.65. The molecule has 5 nitrogen and oxygen atoms in total. The van der Waals surface area contributed by atoms with Gasteiger partial charge in [0, 0.05) is 30.4 Å². The molecule has 0 radical (unpaired) electrons. The Bertz CT molecular complexity index is 741. The van der Waals surface area contributed by atoms with Crippen molar-refractivity contribution >= 4 is 17.5 Å². The summed E-state index contributed by atoms with van der Waals surface area (Å²) in [6.07, 6.45) is 5.93. The number of β-amino-alcohol motifs (C(OH)–C–C–N with tert-alkyl or cyclic N) is 1. The van der Waals surface area contributed by atoms with Crippen LogP contribution in [0.25, 0.3) is 0 Å². The molecule has 0 saturated carbocycles. The van der Waals surface area contributed by atoms with E-state index in [1.54, 1.807) is 41.6 Å². The zero-order valence-electron chi connectivity index (χ0n) is 14.6. The molecule has 1 amide bonds. The Hall–Kier alpha value is -2.11. The smallest absolute Gasteiger partial charge is 0.223 e. The van der Waals surface area contributed by atoms with Crippen LogP contribution in [0.3, 0.4) is 0 Å². The highest BCUT2D eigenvalue weighted by atomic mass is 35.5. The standard InChI is InChI=1S/C20H23ClN2O3/c21-17-5-1-6-18(12-17)26-15-20(25)9-3-11-23(14-20)19(24)8-7-16-4-2-10-22-13-16/h1-2,4-6,10,12-13,25H,3,7-9,11,14-15H2. The number of aromatic nitrogens is 1. The lowest BCUT2D eigenvalue weighted by atomic mass is 9.93. The van der Waals surface area contributed by atoms with Crippen molar-refractivity contribution in [1.82, 2.24) is 9.88 Å². The summed E-state index contributed by atoms with van der Waals surface area (Å²) in [5.74, 6) is 0.667. The van der Waals surface area contributed by atoms with Crippen molar-refractivity contribution in [1.29, 1.82) is 0 Å². The molecular formula is C20H23ClN2O3. The van der Waals surface area contributed by atoms with Gasteiger partial charge in [-0.2, -0.15) is 0 Å². The first kappa shape index (κ1) is 18.7. The van der Waals surface area contributed by atoms with Gasteiger partial charge in [0.05, 0.1) is 6.54 Å². The summed E-state index contributed by atoms with van der Waals surface area (Å²) in [6.45, 7) is 1.10. The van der Waals surface area contributed by atoms with E-state index in [1.807, 2.05) is 12.1 Å². The number of ether oxygens (including phenoxy) is 1. The first-order valence-corrected chi connectivity index (χ1v) is 9.19. The van der Waals surface area contributed by atoms with Crippen LogP contribution in [-0.4, -0.2) is 46.2 Å². The van der Waals surface area contributed by atoms with Crippen LogP contribution in [0, 0.1) is 0 Å². The van der Waals surface area contributed by atoms with Gasteiger partial charge in [0.25, 0.3) is 0 Å². The number of nitrogens with zero attached hydrogens (tertiary/aromatic N) is 2. The summed E-state index contributed by atoms with van der Waals surface area (Å²) in [5.41, 5.74) is 0.00210. The SMILES string of the molecule is O=C(CCc1cccnc1)N1CCCC(O)(COc2cccc(Cl)c2)C1. The maximum atomic E-state index is 12.5. The molecule has 0 spiro atoms. The second-order valence-corrected chi connectivity index (χ2v) is 7.19. The Morgan fingerprint density at radius 1 is 1.35 bits per heavy atom. The highest BCUT2D eigenvalue weighted by Crippen LogP contribution is 2.24. The normalized spacial score (nSPS) is 20.0. The lowest BCUT2D eigenvalue weighted by molar-refractivity contribution is -0.140. The number of carbonyl (C=O) groups is 1. The Morgan fingerprint density at radius 3 is 3.00 bits per heavy atom. The summed E-state index contributed by atoms with van der Waals surface area (Å²) in [4.78, 5) is 18.3. The molecule has 2 heterocycles. The Kier molecular flexibility index (Phi) is 6.12. The number of rotatable bonds is 6. The Balaban J connectivity index is 1.53. The Labute approximate surface area is 158 Å². The van der Waals surface area contributed by atoms with Gasteiger partial charge in [-0.15, -0.1) is 0 Å². The third-order valence-electron chi connectivity index (χ3n) is 4.56. The number of likely N-dealkylation sites (tertiary alicyclic amines) is 1. The van der Waals surface area contributed by atoms with Gasteiger partial charge in [0.1, 0.15) is 18.0 Å². The first-order chi connectivity index (χ1) is 12.5. The van der Waals surface area contributed by atoms with E-state index < -0.39 is 5.60 Å². The van der Waals surface area contributed by atoms with E-state index in [0.29, 0.717) is 43.1 Å². The molecule has 0 bridgehead atoms. The molecule has 1 aliphatic heterocycles. The summed E-state index contributed by atoms with van der Waals surface area (Å²) in [6, 6.07) is 10.9. The highest BCUT2D eigenvalue weighted by molar-refractivity contribution is 6.30. The van der Waals surface area contributed by atoms with Crippen LogP contribution in [0.5, 0.6) is 5.75 Å². The molecule has 1 aromatic carbocycles. The number of carbonyl (C=O) groups excluding carboxylic acids is 1. The number of aliphatic hydroxyl groups is 1. The molecular weight excluding hydrogens is 352 g/mol. The van der Waals surface area contributed by atoms with Gasteiger partial charge in [-0.05, 0) is 49.1 Å². The zero-order chi connectivity index (χ0) is 18.4. The third kappa shape index (κ3) is 5.19. The number of benzene rings is 1. The fraction of sp³-hybridized carbons (Fsp3) is 0.400. The maximum Gasteiger partial charge on any atom is 0.223 e. The quantitative estimate of drug-likeness (QED) is 0.843. The number of hydrogen-bond donors (Lipinski definition) is 1. The van der Waals surface area contributed by atoms with Gasteiger partial charge in [0.15, 0.2) is 0 Å². The predicted octanol–water partition coefficient (Wildman–Crippen LogP) is 3.10. The van der Waals surface area contributed by atoms with Crippen molar-refractivity contribution in [3.8, 4) is 5.75 Å². The zero-order valence-corrected chi connectivity index (χ0v) is 15.4. The summed E-state index contributed by atoms with van der Waals surface area (Å²) in [7, 11) is 0. The molecule has 26 heavy (non-hydrogen) atoms. The number of pyridine rings is 1. The van der Waals surface area contributed by atoms with Crippen LogP contribution in [0.15, 0.2) is 48.8 Å². The number of piperidine rings is 1. The van der Waals surface area contributed by atoms with Crippen LogP contribution in [0.4, 0.5) is 0 Å². The molecule has 0 aliphatic carbocycles. The van der Waals surface area contributed by atoms with Crippen LogP contribution in [0.2, 0.25) is 5.02 Å². The van der Waals surface area contributed by atoms with Crippen molar-refractivity contribution in [2.75, 3.05) is 19.7 Å². The molecule has 1 N–H and O–H groups in total. The molecule has 1 unspecified atom stereocenters. The lowest BCUT2D eigenvalue weighted by Crippen LogP contribution is -2.53. The van der Waals surface area contributed by atoms with Crippen molar-refractivity contribution < 1.29 is 14.6 Å². The second-order valence-electron chi connectivity index (χ2n) is 6.75.